The van der Waals surface area contributed by atoms with E-state index in [1.54, 1.807) is 31.4 Å². The Kier molecular flexibility index (Phi) is 6.20. The molecule has 0 saturated heterocycles. The maximum Gasteiger partial charge on any atom is 0.442 e. The van der Waals surface area contributed by atoms with E-state index in [4.69, 9.17) is 9.26 Å². The summed E-state index contributed by atoms with van der Waals surface area (Å²) in [6.45, 7) is 4.23. The van der Waals surface area contributed by atoms with Crippen molar-refractivity contribution in [2.45, 2.75) is 24.8 Å². The van der Waals surface area contributed by atoms with Crippen LogP contribution in [0.25, 0.3) is 5.69 Å². The SMILES string of the molecule is COc1ccc(-[n+]2[nH]oc(=O)c2SCC(=O)Nc2ccc(C(C)C)cc2)cc1. The third-order valence-corrected chi connectivity index (χ3v) is 5.17. The number of carbonyl (C=O) groups is 1. The van der Waals surface area contributed by atoms with Crippen LogP contribution >= 0.6 is 11.8 Å². The van der Waals surface area contributed by atoms with Crippen molar-refractivity contribution in [3.63, 3.8) is 0 Å². The zero-order valence-electron chi connectivity index (χ0n) is 15.9. The Hall–Kier alpha value is -3.00. The number of nitrogens with zero attached hydrogens (tertiary/aromatic N) is 1. The highest BCUT2D eigenvalue weighted by molar-refractivity contribution is 7.99. The summed E-state index contributed by atoms with van der Waals surface area (Å²) in [6.07, 6.45) is 0. The largest absolute Gasteiger partial charge is 0.497 e. The maximum absolute atomic E-state index is 12.3. The number of amides is 1. The third-order valence-electron chi connectivity index (χ3n) is 4.14. The van der Waals surface area contributed by atoms with E-state index < -0.39 is 5.63 Å². The lowest BCUT2D eigenvalue weighted by Gasteiger charge is -2.07. The lowest BCUT2D eigenvalue weighted by atomic mass is 10.0. The molecule has 2 N–H and O–H groups in total. The first-order valence-electron chi connectivity index (χ1n) is 8.78. The monoisotopic (exact) mass is 400 g/mol. The molecule has 0 saturated carbocycles. The summed E-state index contributed by atoms with van der Waals surface area (Å²) in [5.41, 5.74) is 2.09. The van der Waals surface area contributed by atoms with Gasteiger partial charge in [-0.1, -0.05) is 26.0 Å². The molecule has 0 radical (unpaired) electrons. The van der Waals surface area contributed by atoms with Crippen molar-refractivity contribution in [3.05, 3.63) is 64.5 Å². The smallest absolute Gasteiger partial charge is 0.442 e. The molecule has 0 unspecified atom stereocenters. The molecular weight excluding hydrogens is 378 g/mol. The van der Waals surface area contributed by atoms with Crippen LogP contribution < -0.4 is 20.4 Å². The second-order valence-electron chi connectivity index (χ2n) is 6.43. The van der Waals surface area contributed by atoms with Gasteiger partial charge in [-0.3, -0.25) is 9.32 Å². The molecule has 0 atom stereocenters. The Balaban J connectivity index is 1.66. The summed E-state index contributed by atoms with van der Waals surface area (Å²) >= 11 is 1.10. The highest BCUT2D eigenvalue weighted by atomic mass is 32.2. The number of aromatic amines is 1. The van der Waals surface area contributed by atoms with Crippen LogP contribution in [0.2, 0.25) is 0 Å². The lowest BCUT2D eigenvalue weighted by Crippen LogP contribution is -2.36. The van der Waals surface area contributed by atoms with Crippen molar-refractivity contribution in [2.75, 3.05) is 18.2 Å². The molecule has 8 heteroatoms. The van der Waals surface area contributed by atoms with Gasteiger partial charge in [0.15, 0.2) is 0 Å². The van der Waals surface area contributed by atoms with Gasteiger partial charge in [0.2, 0.25) is 11.6 Å². The summed E-state index contributed by atoms with van der Waals surface area (Å²) in [7, 11) is 1.58. The van der Waals surface area contributed by atoms with Crippen molar-refractivity contribution in [1.29, 1.82) is 0 Å². The molecule has 0 aliphatic rings. The standard InChI is InChI=1S/C20H21N3O4S/c1-13(2)14-4-6-15(7-5-14)21-18(24)12-28-19-20(25)27-22-23(19)16-8-10-17(26-3)11-9-16/h4-11,13H,12H2,1-3H3,(H-,21,22,24,25)/p+1. The average molecular weight is 400 g/mol. The first-order chi connectivity index (χ1) is 13.5. The van der Waals surface area contributed by atoms with Crippen LogP contribution in [0.5, 0.6) is 5.75 Å². The molecule has 1 amide bonds. The van der Waals surface area contributed by atoms with E-state index in [1.165, 1.54) is 10.2 Å². The summed E-state index contributed by atoms with van der Waals surface area (Å²) < 4.78 is 11.5. The Morgan fingerprint density at radius 2 is 1.86 bits per heavy atom. The van der Waals surface area contributed by atoms with Gasteiger partial charge in [-0.2, -0.15) is 0 Å². The highest BCUT2D eigenvalue weighted by Crippen LogP contribution is 2.18. The first-order valence-corrected chi connectivity index (χ1v) is 9.77. The number of aromatic nitrogens is 2. The quantitative estimate of drug-likeness (QED) is 0.470. The van der Waals surface area contributed by atoms with E-state index in [2.05, 4.69) is 24.4 Å². The molecule has 28 heavy (non-hydrogen) atoms. The molecule has 3 rings (SSSR count). The van der Waals surface area contributed by atoms with Gasteiger partial charge in [-0.15, -0.1) is 0 Å². The molecule has 3 aromatic rings. The molecule has 7 nitrogen and oxygen atoms in total. The Bertz CT molecular complexity index is 992. The lowest BCUT2D eigenvalue weighted by molar-refractivity contribution is -0.704. The predicted molar refractivity (Wildman–Crippen MR) is 107 cm³/mol. The Morgan fingerprint density at radius 3 is 2.46 bits per heavy atom. The fourth-order valence-corrected chi connectivity index (χ4v) is 3.34. The highest BCUT2D eigenvalue weighted by Gasteiger charge is 2.25. The fourth-order valence-electron chi connectivity index (χ4n) is 2.57. The third kappa shape index (κ3) is 4.64. The molecule has 2 aromatic carbocycles. The van der Waals surface area contributed by atoms with Gasteiger partial charge in [0, 0.05) is 17.8 Å². The van der Waals surface area contributed by atoms with Crippen LogP contribution in [0.15, 0.2) is 62.9 Å². The number of hydrogen-bond donors (Lipinski definition) is 2. The molecule has 0 bridgehead atoms. The molecule has 0 aliphatic carbocycles. The van der Waals surface area contributed by atoms with E-state index in [0.717, 1.165) is 17.4 Å². The van der Waals surface area contributed by atoms with Crippen LogP contribution in [0.3, 0.4) is 0 Å². The predicted octanol–water partition coefficient (Wildman–Crippen LogP) is 3.11. The number of hydrogen-bond acceptors (Lipinski definition) is 5. The van der Waals surface area contributed by atoms with Crippen molar-refractivity contribution < 1.29 is 18.7 Å². The van der Waals surface area contributed by atoms with E-state index >= 15 is 0 Å². The molecule has 146 valence electrons. The summed E-state index contributed by atoms with van der Waals surface area (Å²) in [5.74, 6) is 1.00. The zero-order chi connectivity index (χ0) is 20.1. The number of rotatable bonds is 7. The summed E-state index contributed by atoms with van der Waals surface area (Å²) in [5, 5.41) is 5.68. The molecule has 1 heterocycles. The van der Waals surface area contributed by atoms with E-state index in [9.17, 15) is 9.59 Å². The fraction of sp³-hybridized carbons (Fsp3) is 0.250. The number of methoxy groups -OCH3 is 1. The maximum atomic E-state index is 12.3. The number of benzene rings is 2. The molecular formula is C20H22N3O4S+. The van der Waals surface area contributed by atoms with Crippen LogP contribution in [0, 0.1) is 0 Å². The van der Waals surface area contributed by atoms with Gasteiger partial charge < -0.3 is 10.1 Å². The van der Waals surface area contributed by atoms with E-state index in [-0.39, 0.29) is 16.7 Å². The molecule has 0 aliphatic heterocycles. The Labute approximate surface area is 166 Å². The van der Waals surface area contributed by atoms with E-state index in [0.29, 0.717) is 17.4 Å². The van der Waals surface area contributed by atoms with Crippen LogP contribution in [0.4, 0.5) is 5.69 Å². The molecule has 0 fully saturated rings. The minimum Gasteiger partial charge on any atom is -0.497 e. The topological polar surface area (TPSA) is 88.2 Å². The number of thioether (sulfide) groups is 1. The number of carbonyl (C=O) groups excluding carboxylic acids is 1. The molecule has 0 spiro atoms. The Morgan fingerprint density at radius 1 is 1.18 bits per heavy atom. The number of nitrogens with one attached hydrogen (secondary N) is 2. The first kappa shape index (κ1) is 19.8. The van der Waals surface area contributed by atoms with Crippen molar-refractivity contribution in [1.82, 2.24) is 5.27 Å². The minimum atomic E-state index is -0.532. The van der Waals surface area contributed by atoms with Crippen LogP contribution in [-0.4, -0.2) is 24.0 Å². The van der Waals surface area contributed by atoms with Crippen molar-refractivity contribution in [3.8, 4) is 11.4 Å². The minimum absolute atomic E-state index is 0.0741. The van der Waals surface area contributed by atoms with Gasteiger partial charge in [-0.05, 0) is 57.5 Å². The second kappa shape index (κ2) is 8.79. The number of ether oxygens (including phenoxy) is 1. The van der Waals surface area contributed by atoms with Crippen LogP contribution in [0.1, 0.15) is 25.3 Å². The van der Waals surface area contributed by atoms with Crippen molar-refractivity contribution >= 4 is 23.4 Å². The zero-order valence-corrected chi connectivity index (χ0v) is 16.7. The number of anilines is 1. The van der Waals surface area contributed by atoms with Gasteiger partial charge in [0.05, 0.1) is 12.9 Å². The van der Waals surface area contributed by atoms with E-state index in [1.807, 2.05) is 24.3 Å². The van der Waals surface area contributed by atoms with Gasteiger partial charge in [0.1, 0.15) is 5.75 Å². The van der Waals surface area contributed by atoms with Gasteiger partial charge in [0.25, 0.3) is 0 Å². The molecule has 1 aromatic heterocycles. The normalized spacial score (nSPS) is 10.9. The second-order valence-corrected chi connectivity index (χ2v) is 7.40. The van der Waals surface area contributed by atoms with Crippen LogP contribution in [-0.2, 0) is 4.79 Å². The van der Waals surface area contributed by atoms with Crippen molar-refractivity contribution in [2.24, 2.45) is 0 Å². The van der Waals surface area contributed by atoms with Gasteiger partial charge in [-0.25, -0.2) is 4.79 Å². The number of H-pyrrole nitrogens is 1. The average Bonchev–Trinajstić information content (AvgIpc) is 3.07. The summed E-state index contributed by atoms with van der Waals surface area (Å²) in [6, 6.07) is 14.8. The van der Waals surface area contributed by atoms with Gasteiger partial charge >= 0.3 is 10.7 Å². The summed E-state index contributed by atoms with van der Waals surface area (Å²) in [4.78, 5) is 24.3.